The summed E-state index contributed by atoms with van der Waals surface area (Å²) in [5, 5.41) is 5.78. The molecular weight excluding hydrogens is 218 g/mol. The van der Waals surface area contributed by atoms with Crippen LogP contribution in [0.2, 0.25) is 0 Å². The molecule has 0 aliphatic rings. The van der Waals surface area contributed by atoms with Crippen LogP contribution >= 0.6 is 0 Å². The largest absolute Gasteiger partial charge is 0.450 e. The highest BCUT2D eigenvalue weighted by atomic mass is 16.5. The van der Waals surface area contributed by atoms with Gasteiger partial charge in [-0.2, -0.15) is 0 Å². The molecular formula is C12H19N3O2. The Balaban J connectivity index is 2.41. The van der Waals surface area contributed by atoms with Crippen LogP contribution in [0.1, 0.15) is 26.7 Å². The number of pyridine rings is 1. The van der Waals surface area contributed by atoms with Crippen LogP contribution in [0.4, 0.5) is 16.3 Å². The van der Waals surface area contributed by atoms with Crippen LogP contribution in [0.25, 0.3) is 0 Å². The van der Waals surface area contributed by atoms with Crippen molar-refractivity contribution in [1.82, 2.24) is 4.98 Å². The average molecular weight is 237 g/mol. The summed E-state index contributed by atoms with van der Waals surface area (Å²) in [6, 6.07) is 3.62. The molecule has 1 rings (SSSR count). The first-order valence-corrected chi connectivity index (χ1v) is 5.90. The lowest BCUT2D eigenvalue weighted by Crippen LogP contribution is -2.14. The van der Waals surface area contributed by atoms with E-state index in [2.05, 4.69) is 22.5 Å². The summed E-state index contributed by atoms with van der Waals surface area (Å²) in [5.41, 5.74) is 0.952. The molecule has 0 fully saturated rings. The number of hydrogen-bond donors (Lipinski definition) is 2. The van der Waals surface area contributed by atoms with Crippen LogP contribution in [0.5, 0.6) is 0 Å². The number of rotatable bonds is 6. The smallest absolute Gasteiger partial charge is 0.412 e. The van der Waals surface area contributed by atoms with Crippen molar-refractivity contribution in [2.45, 2.75) is 26.7 Å². The maximum atomic E-state index is 11.1. The van der Waals surface area contributed by atoms with Gasteiger partial charge < -0.3 is 10.1 Å². The highest BCUT2D eigenvalue weighted by Crippen LogP contribution is 2.09. The van der Waals surface area contributed by atoms with Crippen LogP contribution in [0, 0.1) is 0 Å². The fourth-order valence-electron chi connectivity index (χ4n) is 1.25. The highest BCUT2D eigenvalue weighted by Gasteiger charge is 2.02. The van der Waals surface area contributed by atoms with Gasteiger partial charge in [0.15, 0.2) is 0 Å². The van der Waals surface area contributed by atoms with Gasteiger partial charge >= 0.3 is 6.09 Å². The molecule has 0 bridgehead atoms. The third-order valence-corrected chi connectivity index (χ3v) is 2.13. The second-order valence-corrected chi connectivity index (χ2v) is 3.56. The number of hydrogen-bond acceptors (Lipinski definition) is 4. The number of anilines is 2. The van der Waals surface area contributed by atoms with Crippen LogP contribution in [-0.4, -0.2) is 24.2 Å². The molecule has 1 amide bonds. The molecule has 17 heavy (non-hydrogen) atoms. The molecule has 0 unspecified atom stereocenters. The fourth-order valence-corrected chi connectivity index (χ4v) is 1.25. The summed E-state index contributed by atoms with van der Waals surface area (Å²) in [6.07, 6.45) is 3.50. The number of ether oxygens (including phenoxy) is 1. The minimum Gasteiger partial charge on any atom is -0.450 e. The first-order chi connectivity index (χ1) is 8.26. The average Bonchev–Trinajstić information content (AvgIpc) is 2.32. The first-order valence-electron chi connectivity index (χ1n) is 5.90. The van der Waals surface area contributed by atoms with Crippen LogP contribution in [0.15, 0.2) is 18.3 Å². The van der Waals surface area contributed by atoms with Crippen molar-refractivity contribution in [3.05, 3.63) is 18.3 Å². The van der Waals surface area contributed by atoms with E-state index in [1.165, 1.54) is 0 Å². The number of carbonyl (C=O) groups is 1. The molecule has 0 saturated heterocycles. The van der Waals surface area contributed by atoms with Crippen molar-refractivity contribution in [3.8, 4) is 0 Å². The molecule has 0 spiro atoms. The van der Waals surface area contributed by atoms with E-state index in [4.69, 9.17) is 4.74 Å². The zero-order valence-corrected chi connectivity index (χ0v) is 10.3. The Morgan fingerprint density at radius 3 is 2.82 bits per heavy atom. The number of aromatic nitrogens is 1. The molecule has 0 aromatic carbocycles. The van der Waals surface area contributed by atoms with Gasteiger partial charge in [0.05, 0.1) is 18.5 Å². The predicted molar refractivity (Wildman–Crippen MR) is 68.3 cm³/mol. The number of nitrogens with zero attached hydrogens (tertiary/aromatic N) is 1. The normalized spacial score (nSPS) is 9.76. The highest BCUT2D eigenvalue weighted by molar-refractivity contribution is 5.83. The zero-order chi connectivity index (χ0) is 12.5. The van der Waals surface area contributed by atoms with E-state index in [-0.39, 0.29) is 0 Å². The number of nitrogens with one attached hydrogen (secondary N) is 2. The zero-order valence-electron chi connectivity index (χ0n) is 10.3. The molecule has 0 aliphatic heterocycles. The standard InChI is InChI=1S/C12H19N3O2/c1-3-5-8-13-10-6-7-11(14-9-10)15-12(16)17-4-2/h6-7,9,13H,3-5,8H2,1-2H3,(H,14,15,16). The molecule has 0 aliphatic carbocycles. The SMILES string of the molecule is CCCCNc1ccc(NC(=O)OCC)nc1. The summed E-state index contributed by atoms with van der Waals surface area (Å²) < 4.78 is 4.75. The van der Waals surface area contributed by atoms with Gasteiger partial charge in [-0.1, -0.05) is 13.3 Å². The van der Waals surface area contributed by atoms with Gasteiger partial charge in [-0.25, -0.2) is 9.78 Å². The van der Waals surface area contributed by atoms with Crippen LogP contribution in [0.3, 0.4) is 0 Å². The predicted octanol–water partition coefficient (Wildman–Crippen LogP) is 2.86. The number of unbranched alkanes of at least 4 members (excludes halogenated alkanes) is 1. The topological polar surface area (TPSA) is 63.2 Å². The van der Waals surface area contributed by atoms with Gasteiger partial charge in [0.2, 0.25) is 0 Å². The maximum absolute atomic E-state index is 11.1. The molecule has 5 heteroatoms. The Hall–Kier alpha value is -1.78. The third kappa shape index (κ3) is 5.19. The van der Waals surface area contributed by atoms with E-state index in [9.17, 15) is 4.79 Å². The van der Waals surface area contributed by atoms with Gasteiger partial charge in [0, 0.05) is 6.54 Å². The Kier molecular flexibility index (Phi) is 5.85. The molecule has 1 heterocycles. The van der Waals surface area contributed by atoms with Gasteiger partial charge in [0.25, 0.3) is 0 Å². The van der Waals surface area contributed by atoms with Crippen molar-refractivity contribution < 1.29 is 9.53 Å². The maximum Gasteiger partial charge on any atom is 0.412 e. The van der Waals surface area contributed by atoms with Crippen molar-refractivity contribution in [3.63, 3.8) is 0 Å². The first kappa shape index (κ1) is 13.3. The van der Waals surface area contributed by atoms with Crippen molar-refractivity contribution in [2.24, 2.45) is 0 Å². The monoisotopic (exact) mass is 237 g/mol. The second kappa shape index (κ2) is 7.49. The van der Waals surface area contributed by atoms with Crippen LogP contribution in [-0.2, 0) is 4.74 Å². The summed E-state index contributed by atoms with van der Waals surface area (Å²) in [6.45, 7) is 5.19. The summed E-state index contributed by atoms with van der Waals surface area (Å²) in [5.74, 6) is 0.490. The molecule has 0 atom stereocenters. The molecule has 5 nitrogen and oxygen atoms in total. The van der Waals surface area contributed by atoms with E-state index >= 15 is 0 Å². The lowest BCUT2D eigenvalue weighted by atomic mass is 10.3. The number of carbonyl (C=O) groups excluding carboxylic acids is 1. The Morgan fingerprint density at radius 2 is 2.24 bits per heavy atom. The Labute approximate surface area is 102 Å². The number of amides is 1. The van der Waals surface area contributed by atoms with Gasteiger partial charge in [-0.15, -0.1) is 0 Å². The second-order valence-electron chi connectivity index (χ2n) is 3.56. The Morgan fingerprint density at radius 1 is 1.41 bits per heavy atom. The lowest BCUT2D eigenvalue weighted by molar-refractivity contribution is 0.168. The van der Waals surface area contributed by atoms with E-state index < -0.39 is 6.09 Å². The molecule has 94 valence electrons. The fraction of sp³-hybridized carbons (Fsp3) is 0.500. The van der Waals surface area contributed by atoms with Crippen molar-refractivity contribution in [1.29, 1.82) is 0 Å². The molecule has 1 aromatic rings. The van der Waals surface area contributed by atoms with Crippen LogP contribution < -0.4 is 10.6 Å². The van der Waals surface area contributed by atoms with E-state index in [1.807, 2.05) is 6.07 Å². The summed E-state index contributed by atoms with van der Waals surface area (Å²) >= 11 is 0. The lowest BCUT2D eigenvalue weighted by Gasteiger charge is -2.07. The van der Waals surface area contributed by atoms with Gasteiger partial charge in [-0.05, 0) is 25.5 Å². The van der Waals surface area contributed by atoms with E-state index in [0.29, 0.717) is 12.4 Å². The van der Waals surface area contributed by atoms with Gasteiger partial charge in [-0.3, -0.25) is 5.32 Å². The molecule has 1 aromatic heterocycles. The molecule has 2 N–H and O–H groups in total. The van der Waals surface area contributed by atoms with Crippen molar-refractivity contribution >= 4 is 17.6 Å². The summed E-state index contributed by atoms with van der Waals surface area (Å²) in [7, 11) is 0. The summed E-state index contributed by atoms with van der Waals surface area (Å²) in [4.78, 5) is 15.2. The van der Waals surface area contributed by atoms with E-state index in [0.717, 1.165) is 25.1 Å². The van der Waals surface area contributed by atoms with Crippen molar-refractivity contribution in [2.75, 3.05) is 23.8 Å². The molecule has 0 radical (unpaired) electrons. The Bertz CT molecular complexity index is 338. The minimum absolute atomic E-state index is 0.350. The minimum atomic E-state index is -0.480. The van der Waals surface area contributed by atoms with Gasteiger partial charge in [0.1, 0.15) is 5.82 Å². The molecule has 0 saturated carbocycles. The van der Waals surface area contributed by atoms with E-state index in [1.54, 1.807) is 19.2 Å². The third-order valence-electron chi connectivity index (χ3n) is 2.13. The quantitative estimate of drug-likeness (QED) is 0.747.